The standard InChI is InChI=1S/C19H26O5/c1-2-5-18(6-3-1)17-24-19-7-4-9-20-11-13-22-15-16-23-14-12-21-10-8-19/h1-6,8-10,19H,7,11-17H2. The average Bonchev–Trinajstić information content (AvgIpc) is 2.62. The van der Waals surface area contributed by atoms with E-state index in [0.29, 0.717) is 52.7 Å². The van der Waals surface area contributed by atoms with Crippen molar-refractivity contribution in [3.63, 3.8) is 0 Å². The van der Waals surface area contributed by atoms with Gasteiger partial charge in [0.2, 0.25) is 0 Å². The lowest BCUT2D eigenvalue weighted by Crippen LogP contribution is -2.12. The van der Waals surface area contributed by atoms with Crippen LogP contribution in [0.25, 0.3) is 0 Å². The number of ether oxygens (including phenoxy) is 5. The molecule has 0 aliphatic carbocycles. The minimum Gasteiger partial charge on any atom is -0.499 e. The van der Waals surface area contributed by atoms with E-state index < -0.39 is 0 Å². The summed E-state index contributed by atoms with van der Waals surface area (Å²) < 4.78 is 27.5. The van der Waals surface area contributed by atoms with Gasteiger partial charge >= 0.3 is 0 Å². The van der Waals surface area contributed by atoms with Gasteiger partial charge in [0.05, 0.1) is 51.7 Å². The molecule has 0 amide bonds. The first-order valence-corrected chi connectivity index (χ1v) is 8.31. The number of hydrogen-bond donors (Lipinski definition) is 0. The first kappa shape index (κ1) is 18.5. The van der Waals surface area contributed by atoms with Gasteiger partial charge in [0.1, 0.15) is 13.2 Å². The van der Waals surface area contributed by atoms with Gasteiger partial charge in [-0.2, -0.15) is 0 Å². The van der Waals surface area contributed by atoms with Gasteiger partial charge in [-0.25, -0.2) is 0 Å². The van der Waals surface area contributed by atoms with Crippen LogP contribution >= 0.6 is 0 Å². The molecule has 0 radical (unpaired) electrons. The van der Waals surface area contributed by atoms with Crippen molar-refractivity contribution in [1.29, 1.82) is 0 Å². The topological polar surface area (TPSA) is 46.2 Å². The predicted molar refractivity (Wildman–Crippen MR) is 91.5 cm³/mol. The zero-order valence-electron chi connectivity index (χ0n) is 14.0. The van der Waals surface area contributed by atoms with E-state index in [1.165, 1.54) is 0 Å². The summed E-state index contributed by atoms with van der Waals surface area (Å²) >= 11 is 0. The molecule has 5 heteroatoms. The van der Waals surface area contributed by atoms with Gasteiger partial charge in [-0.15, -0.1) is 0 Å². The summed E-state index contributed by atoms with van der Waals surface area (Å²) in [5, 5.41) is 0. The molecule has 0 saturated carbocycles. The molecule has 0 spiro atoms. The normalized spacial score (nSPS) is 20.9. The molecule has 1 aliphatic heterocycles. The highest BCUT2D eigenvalue weighted by Gasteiger charge is 2.04. The smallest absolute Gasteiger partial charge is 0.111 e. The molecule has 0 saturated heterocycles. The van der Waals surface area contributed by atoms with Crippen LogP contribution in [0.4, 0.5) is 0 Å². The molecule has 5 nitrogen and oxygen atoms in total. The Morgan fingerprint density at radius 1 is 0.833 bits per heavy atom. The minimum atomic E-state index is -0.0740. The summed E-state index contributed by atoms with van der Waals surface area (Å²) in [5.41, 5.74) is 1.14. The van der Waals surface area contributed by atoms with E-state index >= 15 is 0 Å². The molecular formula is C19H26O5. The van der Waals surface area contributed by atoms with E-state index in [0.717, 1.165) is 5.56 Å². The van der Waals surface area contributed by atoms with Crippen molar-refractivity contribution < 1.29 is 23.7 Å². The van der Waals surface area contributed by atoms with E-state index in [2.05, 4.69) is 0 Å². The second-order valence-electron chi connectivity index (χ2n) is 5.24. The van der Waals surface area contributed by atoms with Crippen LogP contribution in [0, 0.1) is 0 Å². The molecule has 1 aromatic rings. The maximum absolute atomic E-state index is 5.94. The number of benzene rings is 1. The molecule has 1 aromatic carbocycles. The highest BCUT2D eigenvalue weighted by molar-refractivity contribution is 5.13. The van der Waals surface area contributed by atoms with E-state index in [9.17, 15) is 0 Å². The lowest BCUT2D eigenvalue weighted by molar-refractivity contribution is 0.0172. The van der Waals surface area contributed by atoms with Crippen LogP contribution in [0.1, 0.15) is 12.0 Å². The zero-order valence-corrected chi connectivity index (χ0v) is 14.0. The van der Waals surface area contributed by atoms with Gasteiger partial charge < -0.3 is 23.7 Å². The van der Waals surface area contributed by atoms with Crippen molar-refractivity contribution in [3.8, 4) is 0 Å². The van der Waals surface area contributed by atoms with Gasteiger partial charge in [0, 0.05) is 0 Å². The number of rotatable bonds is 3. The maximum atomic E-state index is 5.94. The van der Waals surface area contributed by atoms with Crippen LogP contribution < -0.4 is 0 Å². The van der Waals surface area contributed by atoms with Crippen molar-refractivity contribution in [2.45, 2.75) is 19.1 Å². The molecule has 24 heavy (non-hydrogen) atoms. The second kappa shape index (κ2) is 12.6. The molecule has 0 fully saturated rings. The maximum Gasteiger partial charge on any atom is 0.111 e. The molecule has 0 N–H and O–H groups in total. The molecule has 1 atom stereocenters. The van der Waals surface area contributed by atoms with Crippen LogP contribution in [0.2, 0.25) is 0 Å². The third-order valence-corrected chi connectivity index (χ3v) is 3.32. The highest BCUT2D eigenvalue weighted by Crippen LogP contribution is 2.08. The van der Waals surface area contributed by atoms with Crippen LogP contribution in [-0.2, 0) is 30.3 Å². The molecule has 1 heterocycles. The largest absolute Gasteiger partial charge is 0.499 e. The summed E-state index contributed by atoms with van der Waals surface area (Å²) in [5.74, 6) is 0. The van der Waals surface area contributed by atoms with Gasteiger partial charge in [-0.05, 0) is 24.1 Å². The third kappa shape index (κ3) is 8.72. The fraction of sp³-hybridized carbons (Fsp3) is 0.474. The van der Waals surface area contributed by atoms with Crippen molar-refractivity contribution in [2.75, 3.05) is 39.6 Å². The van der Waals surface area contributed by atoms with E-state index in [1.54, 1.807) is 12.5 Å². The third-order valence-electron chi connectivity index (χ3n) is 3.32. The Balaban J connectivity index is 1.82. The van der Waals surface area contributed by atoms with Gasteiger partial charge in [0.15, 0.2) is 0 Å². The first-order valence-electron chi connectivity index (χ1n) is 8.31. The fourth-order valence-electron chi connectivity index (χ4n) is 2.05. The Labute approximate surface area is 143 Å². The molecule has 1 aliphatic rings. The summed E-state index contributed by atoms with van der Waals surface area (Å²) in [4.78, 5) is 0. The van der Waals surface area contributed by atoms with E-state index in [-0.39, 0.29) is 6.10 Å². The summed E-state index contributed by atoms with van der Waals surface area (Å²) in [6.07, 6.45) is 7.88. The summed E-state index contributed by atoms with van der Waals surface area (Å²) in [6, 6.07) is 10.1. The Hall–Kier alpha value is -1.82. The molecule has 132 valence electrons. The number of hydrogen-bond acceptors (Lipinski definition) is 5. The highest BCUT2D eigenvalue weighted by atomic mass is 16.6. The molecule has 1 unspecified atom stereocenters. The molecule has 0 bridgehead atoms. The van der Waals surface area contributed by atoms with Gasteiger partial charge in [-0.3, -0.25) is 0 Å². The Kier molecular flexibility index (Phi) is 9.71. The lowest BCUT2D eigenvalue weighted by atomic mass is 10.2. The molecular weight excluding hydrogens is 308 g/mol. The van der Waals surface area contributed by atoms with Crippen LogP contribution in [0.5, 0.6) is 0 Å². The minimum absolute atomic E-state index is 0.0740. The van der Waals surface area contributed by atoms with E-state index in [1.807, 2.05) is 42.5 Å². The van der Waals surface area contributed by atoms with Crippen molar-refractivity contribution >= 4 is 0 Å². The van der Waals surface area contributed by atoms with Crippen LogP contribution in [0.3, 0.4) is 0 Å². The predicted octanol–water partition coefficient (Wildman–Crippen LogP) is 3.07. The van der Waals surface area contributed by atoms with E-state index in [4.69, 9.17) is 23.7 Å². The first-order chi connectivity index (χ1) is 11.9. The van der Waals surface area contributed by atoms with Crippen molar-refractivity contribution in [2.24, 2.45) is 0 Å². The average molecular weight is 334 g/mol. The monoisotopic (exact) mass is 334 g/mol. The Morgan fingerprint density at radius 2 is 1.50 bits per heavy atom. The lowest BCUT2D eigenvalue weighted by Gasteiger charge is -2.13. The van der Waals surface area contributed by atoms with Crippen LogP contribution in [0.15, 0.2) is 55.0 Å². The molecule has 0 aromatic heterocycles. The van der Waals surface area contributed by atoms with Crippen molar-refractivity contribution in [3.05, 3.63) is 60.6 Å². The van der Waals surface area contributed by atoms with Crippen molar-refractivity contribution in [1.82, 2.24) is 0 Å². The quantitative estimate of drug-likeness (QED) is 0.850. The zero-order chi connectivity index (χ0) is 16.7. The Bertz CT molecular complexity index is 472. The summed E-state index contributed by atoms with van der Waals surface area (Å²) in [7, 11) is 0. The fourth-order valence-corrected chi connectivity index (χ4v) is 2.05. The van der Waals surface area contributed by atoms with Gasteiger partial charge in [0.25, 0.3) is 0 Å². The summed E-state index contributed by atoms with van der Waals surface area (Å²) in [6.45, 7) is 3.83. The van der Waals surface area contributed by atoms with Gasteiger partial charge in [-0.1, -0.05) is 30.3 Å². The van der Waals surface area contributed by atoms with Crippen LogP contribution in [-0.4, -0.2) is 45.7 Å². The molecule has 2 rings (SSSR count). The second-order valence-corrected chi connectivity index (χ2v) is 5.24. The SMILES string of the molecule is C1=COCCOCCOCCOC=CC(OCc2ccccc2)C1. The Morgan fingerprint density at radius 3 is 2.25 bits per heavy atom.